The molecule has 1 N–H and O–H groups in total. The summed E-state index contributed by atoms with van der Waals surface area (Å²) in [5.74, 6) is 1.83. The molecular weight excluding hydrogens is 274 g/mol. The fourth-order valence-electron chi connectivity index (χ4n) is 3.23. The Hall–Kier alpha value is -0.600. The zero-order valence-corrected chi connectivity index (χ0v) is 11.5. The molecule has 1 saturated heterocycles. The SMILES string of the molecule is Brc1ccc(/C=C/C2NCC3CCCC32)cc1. The molecule has 0 radical (unpaired) electrons. The second-order valence-corrected chi connectivity index (χ2v) is 6.12. The molecule has 3 atom stereocenters. The maximum atomic E-state index is 3.64. The summed E-state index contributed by atoms with van der Waals surface area (Å²) < 4.78 is 1.14. The minimum atomic E-state index is 0.603. The minimum absolute atomic E-state index is 0.603. The van der Waals surface area contributed by atoms with Crippen LogP contribution in [0.25, 0.3) is 6.08 Å². The third kappa shape index (κ3) is 2.48. The Morgan fingerprint density at radius 1 is 1.18 bits per heavy atom. The maximum Gasteiger partial charge on any atom is 0.0284 e. The van der Waals surface area contributed by atoms with Gasteiger partial charge in [0.25, 0.3) is 0 Å². The van der Waals surface area contributed by atoms with E-state index in [2.05, 4.69) is 57.7 Å². The molecule has 0 aromatic heterocycles. The Balaban J connectivity index is 1.68. The quantitative estimate of drug-likeness (QED) is 0.873. The first kappa shape index (κ1) is 11.5. The molecule has 1 aliphatic heterocycles. The number of hydrogen-bond acceptors (Lipinski definition) is 1. The zero-order valence-electron chi connectivity index (χ0n) is 9.90. The highest BCUT2D eigenvalue weighted by Gasteiger charge is 2.37. The van der Waals surface area contributed by atoms with Gasteiger partial charge in [-0.2, -0.15) is 0 Å². The van der Waals surface area contributed by atoms with Crippen LogP contribution in [0, 0.1) is 11.8 Å². The summed E-state index contributed by atoms with van der Waals surface area (Å²) in [5, 5.41) is 3.64. The van der Waals surface area contributed by atoms with Crippen molar-refractivity contribution < 1.29 is 0 Å². The first-order chi connectivity index (χ1) is 8.33. The molecule has 17 heavy (non-hydrogen) atoms. The van der Waals surface area contributed by atoms with Crippen molar-refractivity contribution in [2.75, 3.05) is 6.54 Å². The number of halogens is 1. The van der Waals surface area contributed by atoms with E-state index in [1.807, 2.05) is 0 Å². The van der Waals surface area contributed by atoms with Gasteiger partial charge in [-0.15, -0.1) is 0 Å². The largest absolute Gasteiger partial charge is 0.310 e. The average Bonchev–Trinajstić information content (AvgIpc) is 2.91. The Bertz CT molecular complexity index is 409. The lowest BCUT2D eigenvalue weighted by Crippen LogP contribution is -2.23. The third-order valence-corrected chi connectivity index (χ3v) is 4.69. The highest BCUT2D eigenvalue weighted by molar-refractivity contribution is 9.10. The van der Waals surface area contributed by atoms with E-state index in [-0.39, 0.29) is 0 Å². The van der Waals surface area contributed by atoms with Crippen LogP contribution in [-0.2, 0) is 0 Å². The van der Waals surface area contributed by atoms with Crippen LogP contribution in [0.4, 0.5) is 0 Å². The number of benzene rings is 1. The average molecular weight is 292 g/mol. The van der Waals surface area contributed by atoms with Crippen LogP contribution in [0.1, 0.15) is 24.8 Å². The van der Waals surface area contributed by atoms with Crippen molar-refractivity contribution in [1.29, 1.82) is 0 Å². The summed E-state index contributed by atoms with van der Waals surface area (Å²) in [6.07, 6.45) is 8.89. The van der Waals surface area contributed by atoms with Crippen molar-refractivity contribution in [3.05, 3.63) is 40.4 Å². The Morgan fingerprint density at radius 3 is 2.82 bits per heavy atom. The lowest BCUT2D eigenvalue weighted by atomic mass is 9.93. The number of hydrogen-bond donors (Lipinski definition) is 1. The van der Waals surface area contributed by atoms with Gasteiger partial charge in [0.2, 0.25) is 0 Å². The molecule has 0 amide bonds. The van der Waals surface area contributed by atoms with E-state index < -0.39 is 0 Å². The van der Waals surface area contributed by atoms with Crippen molar-refractivity contribution in [1.82, 2.24) is 5.32 Å². The van der Waals surface area contributed by atoms with E-state index in [9.17, 15) is 0 Å². The van der Waals surface area contributed by atoms with E-state index in [1.165, 1.54) is 31.4 Å². The van der Waals surface area contributed by atoms with Gasteiger partial charge < -0.3 is 5.32 Å². The van der Waals surface area contributed by atoms with Gasteiger partial charge in [0.05, 0.1) is 0 Å². The first-order valence-corrected chi connectivity index (χ1v) is 7.29. The second-order valence-electron chi connectivity index (χ2n) is 5.20. The fourth-order valence-corrected chi connectivity index (χ4v) is 3.49. The summed E-state index contributed by atoms with van der Waals surface area (Å²) in [5.41, 5.74) is 1.29. The van der Waals surface area contributed by atoms with E-state index >= 15 is 0 Å². The predicted molar refractivity (Wildman–Crippen MR) is 75.8 cm³/mol. The molecule has 0 bridgehead atoms. The molecule has 1 heterocycles. The molecule has 1 saturated carbocycles. The molecule has 2 aliphatic rings. The molecule has 3 unspecified atom stereocenters. The van der Waals surface area contributed by atoms with E-state index in [4.69, 9.17) is 0 Å². The molecule has 90 valence electrons. The molecule has 1 aromatic carbocycles. The van der Waals surface area contributed by atoms with Crippen LogP contribution in [-0.4, -0.2) is 12.6 Å². The Kier molecular flexibility index (Phi) is 3.34. The topological polar surface area (TPSA) is 12.0 Å². The van der Waals surface area contributed by atoms with Gasteiger partial charge in [-0.3, -0.25) is 0 Å². The van der Waals surface area contributed by atoms with Gasteiger partial charge in [-0.25, -0.2) is 0 Å². The van der Waals surface area contributed by atoms with Crippen LogP contribution in [0.5, 0.6) is 0 Å². The highest BCUT2D eigenvalue weighted by atomic mass is 79.9. The first-order valence-electron chi connectivity index (χ1n) is 6.50. The van der Waals surface area contributed by atoms with Gasteiger partial charge in [0, 0.05) is 10.5 Å². The lowest BCUT2D eigenvalue weighted by Gasteiger charge is -2.13. The van der Waals surface area contributed by atoms with E-state index in [0.717, 1.165) is 16.3 Å². The van der Waals surface area contributed by atoms with Crippen molar-refractivity contribution >= 4 is 22.0 Å². The van der Waals surface area contributed by atoms with Crippen molar-refractivity contribution in [2.45, 2.75) is 25.3 Å². The monoisotopic (exact) mass is 291 g/mol. The van der Waals surface area contributed by atoms with Crippen LogP contribution in [0.3, 0.4) is 0 Å². The number of fused-ring (bicyclic) bond motifs is 1. The summed E-state index contributed by atoms with van der Waals surface area (Å²) in [4.78, 5) is 0. The fraction of sp³-hybridized carbons (Fsp3) is 0.467. The number of nitrogens with one attached hydrogen (secondary N) is 1. The molecule has 0 spiro atoms. The molecule has 3 rings (SSSR count). The predicted octanol–water partition coefficient (Wildman–Crippen LogP) is 3.85. The van der Waals surface area contributed by atoms with E-state index in [1.54, 1.807) is 0 Å². The van der Waals surface area contributed by atoms with Crippen LogP contribution in [0.15, 0.2) is 34.8 Å². The molecule has 1 nitrogen and oxygen atoms in total. The Morgan fingerprint density at radius 2 is 2.00 bits per heavy atom. The highest BCUT2D eigenvalue weighted by Crippen LogP contribution is 2.38. The van der Waals surface area contributed by atoms with Gasteiger partial charge >= 0.3 is 0 Å². The molecule has 2 heteroatoms. The van der Waals surface area contributed by atoms with Crippen LogP contribution >= 0.6 is 15.9 Å². The van der Waals surface area contributed by atoms with Gasteiger partial charge in [-0.1, -0.05) is 46.6 Å². The minimum Gasteiger partial charge on any atom is -0.310 e. The summed E-state index contributed by atoms with van der Waals surface area (Å²) in [6.45, 7) is 1.22. The van der Waals surface area contributed by atoms with Crippen LogP contribution in [0.2, 0.25) is 0 Å². The lowest BCUT2D eigenvalue weighted by molar-refractivity contribution is 0.456. The van der Waals surface area contributed by atoms with Gasteiger partial charge in [-0.05, 0) is 48.9 Å². The van der Waals surface area contributed by atoms with Gasteiger partial charge in [0.1, 0.15) is 0 Å². The number of rotatable bonds is 2. The third-order valence-electron chi connectivity index (χ3n) is 4.16. The summed E-state index contributed by atoms with van der Waals surface area (Å²) in [7, 11) is 0. The van der Waals surface area contributed by atoms with Crippen molar-refractivity contribution in [2.24, 2.45) is 11.8 Å². The maximum absolute atomic E-state index is 3.64. The smallest absolute Gasteiger partial charge is 0.0284 e. The molecular formula is C15H18BrN. The van der Waals surface area contributed by atoms with Crippen molar-refractivity contribution in [3.63, 3.8) is 0 Å². The second kappa shape index (κ2) is 4.95. The summed E-state index contributed by atoms with van der Waals surface area (Å²) >= 11 is 3.46. The Labute approximate surface area is 111 Å². The summed E-state index contributed by atoms with van der Waals surface area (Å²) in [6, 6.07) is 9.11. The molecule has 1 aliphatic carbocycles. The van der Waals surface area contributed by atoms with Crippen molar-refractivity contribution in [3.8, 4) is 0 Å². The van der Waals surface area contributed by atoms with Crippen LogP contribution < -0.4 is 5.32 Å². The van der Waals surface area contributed by atoms with Gasteiger partial charge in [0.15, 0.2) is 0 Å². The molecule has 1 aromatic rings. The standard InChI is InChI=1S/C15H18BrN/c16-13-7-4-11(5-8-13)6-9-15-14-3-1-2-12(14)10-17-15/h4-9,12,14-15,17H,1-3,10H2/b9-6+. The normalized spacial score (nSPS) is 32.2. The molecule has 2 fully saturated rings. The zero-order chi connectivity index (χ0) is 11.7. The van der Waals surface area contributed by atoms with E-state index in [0.29, 0.717) is 6.04 Å².